The van der Waals surface area contributed by atoms with Crippen LogP contribution >= 0.6 is 22.9 Å². The number of benzene rings is 2. The quantitative estimate of drug-likeness (QED) is 0.398. The first-order valence-corrected chi connectivity index (χ1v) is 10.4. The lowest BCUT2D eigenvalue weighted by Gasteiger charge is -2.10. The van der Waals surface area contributed by atoms with Crippen molar-refractivity contribution in [2.24, 2.45) is 0 Å². The molecule has 2 N–H and O–H groups in total. The highest BCUT2D eigenvalue weighted by Gasteiger charge is 2.30. The Balaban J connectivity index is 1.93. The zero-order chi connectivity index (χ0) is 21.3. The van der Waals surface area contributed by atoms with Crippen molar-refractivity contribution in [1.29, 1.82) is 0 Å². The number of hydrogen-bond acceptors (Lipinski definition) is 6. The number of ether oxygens (including phenoxy) is 1. The molecule has 0 fully saturated rings. The van der Waals surface area contributed by atoms with Crippen molar-refractivity contribution in [1.82, 2.24) is 9.55 Å². The minimum atomic E-state index is -0.515. The third-order valence-corrected chi connectivity index (χ3v) is 5.48. The number of aromatic nitrogens is 2. The first kappa shape index (κ1) is 20.0. The average molecular weight is 441 g/mol. The van der Waals surface area contributed by atoms with Crippen LogP contribution in [0, 0.1) is 0 Å². The molecule has 0 atom stereocenters. The summed E-state index contributed by atoms with van der Waals surface area (Å²) in [5.74, 6) is -0.791. The number of hydrogen-bond donors (Lipinski definition) is 2. The fourth-order valence-corrected chi connectivity index (χ4v) is 4.04. The molecule has 6 nitrogen and oxygen atoms in total. The minimum absolute atomic E-state index is 0.0332. The Bertz CT molecular complexity index is 1200. The lowest BCUT2D eigenvalue weighted by molar-refractivity contribution is 0.103. The smallest absolute Gasteiger partial charge is 0.242 e. The zero-order valence-corrected chi connectivity index (χ0v) is 17.4. The maximum atomic E-state index is 13.4. The van der Waals surface area contributed by atoms with Gasteiger partial charge in [0.2, 0.25) is 5.88 Å². The molecular formula is C22H17ClN2O4S. The second-order valence-corrected chi connectivity index (χ2v) is 7.65. The van der Waals surface area contributed by atoms with Crippen molar-refractivity contribution in [3.63, 3.8) is 0 Å². The molecule has 0 radical (unpaired) electrons. The second-order valence-electron chi connectivity index (χ2n) is 6.34. The van der Waals surface area contributed by atoms with Gasteiger partial charge in [-0.15, -0.1) is 11.3 Å². The molecule has 8 heteroatoms. The summed E-state index contributed by atoms with van der Waals surface area (Å²) in [6.07, 6.45) is 1.58. The van der Waals surface area contributed by atoms with E-state index in [1.54, 1.807) is 60.1 Å². The number of thiazole rings is 1. The Hall–Kier alpha value is -3.29. The molecule has 2 aromatic carbocycles. The van der Waals surface area contributed by atoms with Gasteiger partial charge in [-0.1, -0.05) is 23.7 Å². The molecular weight excluding hydrogens is 424 g/mol. The average Bonchev–Trinajstić information content (AvgIpc) is 3.35. The number of carbonyl (C=O) groups is 1. The molecule has 152 valence electrons. The van der Waals surface area contributed by atoms with Gasteiger partial charge < -0.3 is 14.9 Å². The van der Waals surface area contributed by atoms with Crippen LogP contribution in [-0.2, 0) is 0 Å². The van der Waals surface area contributed by atoms with Gasteiger partial charge >= 0.3 is 0 Å². The van der Waals surface area contributed by atoms with Crippen LogP contribution in [0.25, 0.3) is 16.4 Å². The first-order chi connectivity index (χ1) is 14.5. The van der Waals surface area contributed by atoms with E-state index in [1.165, 1.54) is 15.9 Å². The molecule has 0 saturated heterocycles. The zero-order valence-electron chi connectivity index (χ0n) is 15.9. The van der Waals surface area contributed by atoms with Crippen LogP contribution in [0.5, 0.6) is 17.4 Å². The third-order valence-electron chi connectivity index (χ3n) is 4.48. The largest absolute Gasteiger partial charge is 0.503 e. The Labute approximate surface area is 181 Å². The van der Waals surface area contributed by atoms with Gasteiger partial charge in [0.1, 0.15) is 5.75 Å². The van der Waals surface area contributed by atoms with E-state index >= 15 is 0 Å². The summed E-state index contributed by atoms with van der Waals surface area (Å²) in [5, 5.41) is 24.0. The SMILES string of the molecule is CCOc1ccc(C(=O)c2c(O)c(O)n(-c3nccs3)c2-c2cccc(Cl)c2)cc1. The molecule has 0 aliphatic rings. The lowest BCUT2D eigenvalue weighted by Crippen LogP contribution is -2.05. The predicted molar refractivity (Wildman–Crippen MR) is 116 cm³/mol. The van der Waals surface area contributed by atoms with E-state index in [0.29, 0.717) is 39.3 Å². The normalized spacial score (nSPS) is 10.9. The molecule has 0 aliphatic carbocycles. The van der Waals surface area contributed by atoms with Crippen molar-refractivity contribution in [3.8, 4) is 33.8 Å². The van der Waals surface area contributed by atoms with E-state index in [2.05, 4.69) is 4.98 Å². The van der Waals surface area contributed by atoms with Crippen LogP contribution in [0.3, 0.4) is 0 Å². The van der Waals surface area contributed by atoms with E-state index in [0.717, 1.165) is 0 Å². The molecule has 30 heavy (non-hydrogen) atoms. The first-order valence-electron chi connectivity index (χ1n) is 9.11. The van der Waals surface area contributed by atoms with Gasteiger partial charge in [0.15, 0.2) is 16.7 Å². The molecule has 0 spiro atoms. The van der Waals surface area contributed by atoms with E-state index < -0.39 is 17.4 Å². The van der Waals surface area contributed by atoms with E-state index in [9.17, 15) is 15.0 Å². The van der Waals surface area contributed by atoms with Crippen molar-refractivity contribution in [2.75, 3.05) is 6.61 Å². The van der Waals surface area contributed by atoms with Crippen LogP contribution < -0.4 is 4.74 Å². The van der Waals surface area contributed by atoms with Gasteiger partial charge in [-0.2, -0.15) is 0 Å². The Kier molecular flexibility index (Phi) is 5.48. The molecule has 2 aromatic heterocycles. The predicted octanol–water partition coefficient (Wildman–Crippen LogP) is 5.30. The highest BCUT2D eigenvalue weighted by atomic mass is 35.5. The maximum Gasteiger partial charge on any atom is 0.242 e. The second kappa shape index (κ2) is 8.22. The van der Waals surface area contributed by atoms with E-state index in [4.69, 9.17) is 16.3 Å². The van der Waals surface area contributed by atoms with Gasteiger partial charge in [0, 0.05) is 27.7 Å². The number of aromatic hydroxyl groups is 2. The van der Waals surface area contributed by atoms with E-state index in [-0.39, 0.29) is 5.56 Å². The number of rotatable bonds is 6. The molecule has 0 bridgehead atoms. The van der Waals surface area contributed by atoms with Gasteiger partial charge in [-0.05, 0) is 43.3 Å². The monoisotopic (exact) mass is 440 g/mol. The minimum Gasteiger partial charge on any atom is -0.503 e. The molecule has 0 aliphatic heterocycles. The van der Waals surface area contributed by atoms with Crippen LogP contribution in [0.2, 0.25) is 5.02 Å². The number of ketones is 1. The van der Waals surface area contributed by atoms with Crippen LogP contribution in [0.4, 0.5) is 0 Å². The summed E-state index contributed by atoms with van der Waals surface area (Å²) in [6, 6.07) is 13.5. The Morgan fingerprint density at radius 1 is 1.20 bits per heavy atom. The molecule has 2 heterocycles. The summed E-state index contributed by atoms with van der Waals surface area (Å²) in [7, 11) is 0. The van der Waals surface area contributed by atoms with Crippen molar-refractivity contribution < 1.29 is 19.7 Å². The van der Waals surface area contributed by atoms with Gasteiger partial charge in [0.05, 0.1) is 17.9 Å². The lowest BCUT2D eigenvalue weighted by atomic mass is 9.99. The fraction of sp³-hybridized carbons (Fsp3) is 0.0909. The van der Waals surface area contributed by atoms with Crippen molar-refractivity contribution in [2.45, 2.75) is 6.92 Å². The summed E-state index contributed by atoms with van der Waals surface area (Å²) in [4.78, 5) is 17.6. The van der Waals surface area contributed by atoms with Crippen LogP contribution in [0.1, 0.15) is 22.8 Å². The standard InChI is InChI=1S/C22H17ClN2O4S/c1-2-29-16-8-6-13(7-9-16)19(26)17-18(14-4-3-5-15(23)12-14)25(21(28)20(17)27)22-24-10-11-30-22/h3-12,27-28H,2H2,1H3. The fourth-order valence-electron chi connectivity index (χ4n) is 3.20. The van der Waals surface area contributed by atoms with Gasteiger partial charge in [-0.25, -0.2) is 4.98 Å². The Morgan fingerprint density at radius 3 is 2.60 bits per heavy atom. The number of nitrogens with zero attached hydrogens (tertiary/aromatic N) is 2. The summed E-state index contributed by atoms with van der Waals surface area (Å²) in [6.45, 7) is 2.38. The molecule has 4 aromatic rings. The van der Waals surface area contributed by atoms with Crippen molar-refractivity contribution >= 4 is 28.7 Å². The summed E-state index contributed by atoms with van der Waals surface area (Å²) in [5.41, 5.74) is 1.17. The summed E-state index contributed by atoms with van der Waals surface area (Å²) < 4.78 is 6.78. The highest BCUT2D eigenvalue weighted by Crippen LogP contribution is 2.44. The Morgan fingerprint density at radius 2 is 1.97 bits per heavy atom. The topological polar surface area (TPSA) is 84.6 Å². The molecule has 0 amide bonds. The van der Waals surface area contributed by atoms with Gasteiger partial charge in [-0.3, -0.25) is 9.36 Å². The molecule has 4 rings (SSSR count). The highest BCUT2D eigenvalue weighted by molar-refractivity contribution is 7.12. The molecule has 0 saturated carbocycles. The van der Waals surface area contributed by atoms with Crippen LogP contribution in [-0.4, -0.2) is 32.2 Å². The van der Waals surface area contributed by atoms with Crippen molar-refractivity contribution in [3.05, 3.63) is 76.3 Å². The maximum absolute atomic E-state index is 13.4. The summed E-state index contributed by atoms with van der Waals surface area (Å²) >= 11 is 7.43. The molecule has 0 unspecified atom stereocenters. The number of carbonyl (C=O) groups excluding carboxylic acids is 1. The van der Waals surface area contributed by atoms with Gasteiger partial charge in [0.25, 0.3) is 0 Å². The van der Waals surface area contributed by atoms with Crippen LogP contribution in [0.15, 0.2) is 60.1 Å². The number of halogens is 1. The third kappa shape index (κ3) is 3.53. The van der Waals surface area contributed by atoms with E-state index in [1.807, 2.05) is 6.92 Å².